The van der Waals surface area contributed by atoms with Gasteiger partial charge >= 0.3 is 7.67 Å². The number of aryl methyl sites for hydroxylation is 1. The number of benzene rings is 1. The smallest absolute Gasteiger partial charge is 0.418 e. The molecule has 0 amide bonds. The molecule has 0 radical (unpaired) electrons. The highest BCUT2D eigenvalue weighted by atomic mass is 31.2. The summed E-state index contributed by atoms with van der Waals surface area (Å²) in [6, 6.07) is 8.84. The molecule has 0 saturated heterocycles. The number of nitrogens with one attached hydrogen (secondary N) is 3. The largest absolute Gasteiger partial charge is 0.419 e. The van der Waals surface area contributed by atoms with Crippen molar-refractivity contribution in [2.45, 2.75) is 26.8 Å². The van der Waals surface area contributed by atoms with Gasteiger partial charge in [-0.25, -0.2) is 9.65 Å². The van der Waals surface area contributed by atoms with Crippen LogP contribution in [-0.2, 0) is 4.57 Å². The Morgan fingerprint density at radius 1 is 1.20 bits per heavy atom. The first-order valence-electron chi connectivity index (χ1n) is 7.88. The monoisotopic (exact) mass is 362 g/mol. The second kappa shape index (κ2) is 8.60. The number of hydrogen-bond donors (Lipinski definition) is 3. The lowest BCUT2D eigenvalue weighted by Gasteiger charge is -2.23. The van der Waals surface area contributed by atoms with Crippen LogP contribution in [0.3, 0.4) is 0 Å². The van der Waals surface area contributed by atoms with E-state index in [1.807, 2.05) is 19.9 Å². The summed E-state index contributed by atoms with van der Waals surface area (Å²) in [4.78, 5) is 12.6. The highest BCUT2D eigenvalue weighted by molar-refractivity contribution is 7.58. The summed E-state index contributed by atoms with van der Waals surface area (Å²) in [6.07, 6.45) is 1.69. The molecule has 8 nitrogen and oxygen atoms in total. The third kappa shape index (κ3) is 6.17. The van der Waals surface area contributed by atoms with Gasteiger partial charge < -0.3 is 9.84 Å². The van der Waals surface area contributed by atoms with Gasteiger partial charge in [0.1, 0.15) is 11.6 Å². The van der Waals surface area contributed by atoms with Crippen LogP contribution < -0.4 is 20.0 Å². The van der Waals surface area contributed by atoms with E-state index in [-0.39, 0.29) is 12.0 Å². The predicted molar refractivity (Wildman–Crippen MR) is 99.8 cm³/mol. The van der Waals surface area contributed by atoms with Crippen molar-refractivity contribution in [1.82, 2.24) is 20.0 Å². The quantitative estimate of drug-likeness (QED) is 0.461. The maximum absolute atomic E-state index is 13.2. The number of hydrogen-bond acceptors (Lipinski definition) is 6. The number of anilines is 2. The minimum atomic E-state index is -3.49. The highest BCUT2D eigenvalue weighted by Gasteiger charge is 2.27. The Bertz CT molecular complexity index is 754. The zero-order valence-corrected chi connectivity index (χ0v) is 15.5. The molecule has 0 aliphatic carbocycles. The molecule has 134 valence electrons. The number of aromatic nitrogens is 3. The number of para-hydroxylation sites is 1. The molecule has 1 aromatic carbocycles. The predicted octanol–water partition coefficient (Wildman–Crippen LogP) is 3.37. The van der Waals surface area contributed by atoms with Gasteiger partial charge in [-0.3, -0.25) is 5.09 Å². The molecule has 9 heteroatoms. The van der Waals surface area contributed by atoms with Gasteiger partial charge in [-0.05, 0) is 32.9 Å². The number of rotatable bonds is 9. The van der Waals surface area contributed by atoms with E-state index in [0.29, 0.717) is 24.1 Å². The lowest BCUT2D eigenvalue weighted by molar-refractivity contribution is 0.465. The molecule has 0 aliphatic rings. The summed E-state index contributed by atoms with van der Waals surface area (Å²) in [5.41, 5.74) is 0. The fourth-order valence-corrected chi connectivity index (χ4v) is 3.58. The molecule has 25 heavy (non-hydrogen) atoms. The van der Waals surface area contributed by atoms with Gasteiger partial charge in [0.25, 0.3) is 0 Å². The molecule has 2 aromatic rings. The van der Waals surface area contributed by atoms with Crippen molar-refractivity contribution in [1.29, 1.82) is 0 Å². The zero-order chi connectivity index (χ0) is 18.3. The van der Waals surface area contributed by atoms with Gasteiger partial charge in [0, 0.05) is 12.6 Å². The van der Waals surface area contributed by atoms with Gasteiger partial charge in [-0.15, -0.1) is 6.58 Å². The van der Waals surface area contributed by atoms with E-state index in [9.17, 15) is 4.57 Å². The maximum Gasteiger partial charge on any atom is 0.419 e. The van der Waals surface area contributed by atoms with Crippen LogP contribution in [0.15, 0.2) is 43.0 Å². The first kappa shape index (κ1) is 18.9. The van der Waals surface area contributed by atoms with E-state index >= 15 is 0 Å². The normalized spacial score (nSPS) is 13.1. The van der Waals surface area contributed by atoms with E-state index in [4.69, 9.17) is 4.52 Å². The molecule has 3 N–H and O–H groups in total. The third-order valence-corrected chi connectivity index (χ3v) is 4.62. The van der Waals surface area contributed by atoms with E-state index in [1.165, 1.54) is 0 Å². The zero-order valence-electron chi connectivity index (χ0n) is 14.6. The van der Waals surface area contributed by atoms with Crippen molar-refractivity contribution in [2.75, 3.05) is 16.9 Å². The average Bonchev–Trinajstić information content (AvgIpc) is 2.52. The Kier molecular flexibility index (Phi) is 6.50. The standard InChI is InChI=1S/C16H23N6O2P/c1-5-11-17-15-18-13(4)19-16(20-15)22-25(23,21-12(2)3)24-14-9-7-6-8-10-14/h5-10,12H,1,11H2,2-4H3,(H3,17,18,19,20,21,22,23). The molecule has 0 fully saturated rings. The van der Waals surface area contributed by atoms with Crippen LogP contribution in [0.1, 0.15) is 19.7 Å². The maximum atomic E-state index is 13.2. The molecule has 1 heterocycles. The Labute approximate surface area is 147 Å². The van der Waals surface area contributed by atoms with Crippen LogP contribution in [-0.4, -0.2) is 27.5 Å². The number of nitrogens with zero attached hydrogens (tertiary/aromatic N) is 3. The second-order valence-electron chi connectivity index (χ2n) is 5.55. The van der Waals surface area contributed by atoms with Crippen molar-refractivity contribution in [2.24, 2.45) is 0 Å². The van der Waals surface area contributed by atoms with Crippen molar-refractivity contribution in [3.8, 4) is 5.75 Å². The summed E-state index contributed by atoms with van der Waals surface area (Å²) in [5.74, 6) is 1.49. The summed E-state index contributed by atoms with van der Waals surface area (Å²) in [5, 5.41) is 8.69. The first-order valence-corrected chi connectivity index (χ1v) is 9.51. The molecule has 2 rings (SSSR count). The fourth-order valence-electron chi connectivity index (χ4n) is 1.96. The van der Waals surface area contributed by atoms with E-state index < -0.39 is 7.67 Å². The summed E-state index contributed by atoms with van der Waals surface area (Å²) >= 11 is 0. The summed E-state index contributed by atoms with van der Waals surface area (Å²) in [6.45, 7) is 9.61. The van der Waals surface area contributed by atoms with E-state index in [0.717, 1.165) is 0 Å². The lowest BCUT2D eigenvalue weighted by Crippen LogP contribution is -2.27. The van der Waals surface area contributed by atoms with Crippen LogP contribution in [0.25, 0.3) is 0 Å². The van der Waals surface area contributed by atoms with Crippen LogP contribution in [0, 0.1) is 6.92 Å². The van der Waals surface area contributed by atoms with Crippen LogP contribution in [0.2, 0.25) is 0 Å². The van der Waals surface area contributed by atoms with E-state index in [2.05, 4.69) is 37.0 Å². The third-order valence-electron chi connectivity index (χ3n) is 2.80. The molecule has 0 bridgehead atoms. The molecule has 1 unspecified atom stereocenters. The summed E-state index contributed by atoms with van der Waals surface area (Å²) < 4.78 is 18.9. The van der Waals surface area contributed by atoms with Crippen molar-refractivity contribution < 1.29 is 9.09 Å². The van der Waals surface area contributed by atoms with Crippen LogP contribution in [0.4, 0.5) is 11.9 Å². The Morgan fingerprint density at radius 2 is 1.88 bits per heavy atom. The summed E-state index contributed by atoms with van der Waals surface area (Å²) in [7, 11) is -3.49. The fraction of sp³-hybridized carbons (Fsp3) is 0.312. The van der Waals surface area contributed by atoms with Gasteiger partial charge in [-0.2, -0.15) is 15.0 Å². The highest BCUT2D eigenvalue weighted by Crippen LogP contribution is 2.42. The van der Waals surface area contributed by atoms with Crippen molar-refractivity contribution in [3.05, 3.63) is 48.8 Å². The average molecular weight is 362 g/mol. The molecule has 1 atom stereocenters. The minimum absolute atomic E-state index is 0.0802. The molecule has 1 aromatic heterocycles. The van der Waals surface area contributed by atoms with Gasteiger partial charge in [-0.1, -0.05) is 24.3 Å². The van der Waals surface area contributed by atoms with Crippen LogP contribution >= 0.6 is 7.67 Å². The SMILES string of the molecule is C=CCNc1nc(C)nc(NP(=O)(NC(C)C)Oc2ccccc2)n1. The second-order valence-corrected chi connectivity index (χ2v) is 7.32. The minimum Gasteiger partial charge on any atom is -0.418 e. The molecular weight excluding hydrogens is 339 g/mol. The van der Waals surface area contributed by atoms with Crippen LogP contribution in [0.5, 0.6) is 5.75 Å². The Morgan fingerprint density at radius 3 is 2.52 bits per heavy atom. The van der Waals surface area contributed by atoms with E-state index in [1.54, 1.807) is 37.3 Å². The van der Waals surface area contributed by atoms with Crippen molar-refractivity contribution >= 4 is 19.6 Å². The Hall–Kier alpha value is -2.44. The topological polar surface area (TPSA) is 101 Å². The van der Waals surface area contributed by atoms with Gasteiger partial charge in [0.05, 0.1) is 0 Å². The molecule has 0 saturated carbocycles. The van der Waals surface area contributed by atoms with Gasteiger partial charge in [0.15, 0.2) is 0 Å². The van der Waals surface area contributed by atoms with Crippen molar-refractivity contribution in [3.63, 3.8) is 0 Å². The first-order chi connectivity index (χ1) is 11.9. The Balaban J connectivity index is 2.25. The molecule has 0 spiro atoms. The van der Waals surface area contributed by atoms with Gasteiger partial charge in [0.2, 0.25) is 11.9 Å². The molecule has 0 aliphatic heterocycles. The lowest BCUT2D eigenvalue weighted by atomic mass is 10.3. The molecular formula is C16H23N6O2P.